The van der Waals surface area contributed by atoms with Crippen molar-refractivity contribution < 1.29 is 4.42 Å². The van der Waals surface area contributed by atoms with Crippen molar-refractivity contribution in [3.05, 3.63) is 127 Å². The van der Waals surface area contributed by atoms with Gasteiger partial charge in [0.2, 0.25) is 0 Å². The van der Waals surface area contributed by atoms with Crippen LogP contribution in [0, 0.1) is 0 Å². The zero-order chi connectivity index (χ0) is 28.4. The monoisotopic (exact) mass is 557 g/mol. The lowest BCUT2D eigenvalue weighted by Gasteiger charge is -2.16. The van der Waals surface area contributed by atoms with Crippen LogP contribution in [0.3, 0.4) is 0 Å². The highest BCUT2D eigenvalue weighted by Crippen LogP contribution is 2.42. The number of fused-ring (bicyclic) bond motifs is 6. The smallest absolute Gasteiger partial charge is 0.143 e. The predicted octanol–water partition coefficient (Wildman–Crippen LogP) is 10.8. The van der Waals surface area contributed by atoms with Gasteiger partial charge in [-0.3, -0.25) is 0 Å². The molecule has 0 spiro atoms. The number of aromatic amines is 1. The number of hydrogen-bond donors (Lipinski definition) is 1. The third kappa shape index (κ3) is 3.85. The van der Waals surface area contributed by atoms with Gasteiger partial charge in [-0.25, -0.2) is 0 Å². The van der Waals surface area contributed by atoms with Crippen molar-refractivity contribution >= 4 is 57.0 Å². The minimum Gasteiger partial charge on any atom is -0.456 e. The zero-order valence-electron chi connectivity index (χ0n) is 24.0. The zero-order valence-corrected chi connectivity index (χ0v) is 25.0. The average molecular weight is 558 g/mol. The van der Waals surface area contributed by atoms with E-state index in [9.17, 15) is 0 Å². The van der Waals surface area contributed by atoms with Gasteiger partial charge in [-0.05, 0) is 39.6 Å². The van der Waals surface area contributed by atoms with E-state index in [1.165, 1.54) is 49.0 Å². The van der Waals surface area contributed by atoms with E-state index >= 15 is 0 Å². The van der Waals surface area contributed by atoms with Gasteiger partial charge in [0.05, 0.1) is 13.6 Å². The van der Waals surface area contributed by atoms with Crippen molar-refractivity contribution in [3.63, 3.8) is 0 Å². The lowest BCUT2D eigenvalue weighted by molar-refractivity contribution is 0.672. The summed E-state index contributed by atoms with van der Waals surface area (Å²) < 4.78 is 6.75. The van der Waals surface area contributed by atoms with Gasteiger partial charge in [0, 0.05) is 38.2 Å². The summed E-state index contributed by atoms with van der Waals surface area (Å²) in [6, 6.07) is 45.9. The van der Waals surface area contributed by atoms with Gasteiger partial charge in [0.15, 0.2) is 0 Å². The van der Waals surface area contributed by atoms with Crippen molar-refractivity contribution in [2.75, 3.05) is 0 Å². The molecule has 2 aromatic heterocycles. The average Bonchev–Trinajstić information content (AvgIpc) is 3.59. The summed E-state index contributed by atoms with van der Waals surface area (Å²) >= 11 is 0. The molecular weight excluding hydrogens is 527 g/mol. The van der Waals surface area contributed by atoms with Crippen molar-refractivity contribution in [1.82, 2.24) is 4.98 Å². The fraction of sp³-hybridized carbons (Fsp3) is 0.0769. The standard InChI is InChI=1S/C39H31NOSi/c1-42(2,3)35-19-11-18-32-31-17-10-16-29(38(31)41-39(32)35)27-20-23-34-33(24-27)30-22-21-28(25-12-6-4-7-13-25)36(37(30)40-34)26-14-8-5-9-15-26/h4-24,40H,1-3H3. The second kappa shape index (κ2) is 9.33. The van der Waals surface area contributed by atoms with Gasteiger partial charge in [-0.1, -0.05) is 135 Å². The number of para-hydroxylation sites is 2. The van der Waals surface area contributed by atoms with Crippen LogP contribution in [0.25, 0.3) is 77.1 Å². The first-order valence-electron chi connectivity index (χ1n) is 14.6. The molecule has 42 heavy (non-hydrogen) atoms. The highest BCUT2D eigenvalue weighted by molar-refractivity contribution is 6.90. The molecule has 1 N–H and O–H groups in total. The van der Waals surface area contributed by atoms with Gasteiger partial charge in [-0.15, -0.1) is 0 Å². The first kappa shape index (κ1) is 24.9. The lowest BCUT2D eigenvalue weighted by Crippen LogP contribution is -2.37. The van der Waals surface area contributed by atoms with E-state index in [2.05, 4.69) is 152 Å². The number of aromatic nitrogens is 1. The van der Waals surface area contributed by atoms with E-state index in [0.29, 0.717) is 0 Å². The minimum absolute atomic E-state index is 0.966. The minimum atomic E-state index is -1.58. The lowest BCUT2D eigenvalue weighted by atomic mass is 9.92. The third-order valence-corrected chi connectivity index (χ3v) is 10.6. The number of rotatable bonds is 4. The summed E-state index contributed by atoms with van der Waals surface area (Å²) in [4.78, 5) is 3.80. The van der Waals surface area contributed by atoms with E-state index in [1.54, 1.807) is 0 Å². The van der Waals surface area contributed by atoms with Gasteiger partial charge in [-0.2, -0.15) is 0 Å². The summed E-state index contributed by atoms with van der Waals surface area (Å²) in [6.07, 6.45) is 0. The molecule has 0 aliphatic carbocycles. The van der Waals surface area contributed by atoms with Crippen LogP contribution >= 0.6 is 0 Å². The second-order valence-electron chi connectivity index (χ2n) is 12.2. The van der Waals surface area contributed by atoms with Crippen LogP contribution in [0.2, 0.25) is 19.6 Å². The summed E-state index contributed by atoms with van der Waals surface area (Å²) in [6.45, 7) is 7.15. The Bertz CT molecular complexity index is 2270. The molecule has 0 bridgehead atoms. The third-order valence-electron chi connectivity index (χ3n) is 8.57. The van der Waals surface area contributed by atoms with Crippen LogP contribution in [0.4, 0.5) is 0 Å². The summed E-state index contributed by atoms with van der Waals surface area (Å²) in [5.74, 6) is 0. The molecule has 202 valence electrons. The molecule has 8 aromatic rings. The Balaban J connectivity index is 1.37. The van der Waals surface area contributed by atoms with E-state index in [-0.39, 0.29) is 0 Å². The number of hydrogen-bond acceptors (Lipinski definition) is 1. The summed E-state index contributed by atoms with van der Waals surface area (Å²) in [5, 5.41) is 6.21. The number of furan rings is 1. The Morgan fingerprint density at radius 2 is 1.19 bits per heavy atom. The van der Waals surface area contributed by atoms with Crippen LogP contribution in [-0.4, -0.2) is 13.1 Å². The molecule has 0 radical (unpaired) electrons. The molecule has 0 saturated carbocycles. The van der Waals surface area contributed by atoms with E-state index in [4.69, 9.17) is 4.42 Å². The Kier molecular flexibility index (Phi) is 5.53. The van der Waals surface area contributed by atoms with Crippen molar-refractivity contribution in [3.8, 4) is 33.4 Å². The molecule has 0 amide bonds. The molecule has 0 fully saturated rings. The SMILES string of the molecule is C[Si](C)(C)c1cccc2c1oc1c(-c3ccc4[nH]c5c(-c6ccccc6)c(-c6ccccc6)ccc5c4c3)cccc12. The van der Waals surface area contributed by atoms with Crippen LogP contribution in [0.5, 0.6) is 0 Å². The fourth-order valence-corrected chi connectivity index (χ4v) is 8.00. The van der Waals surface area contributed by atoms with Gasteiger partial charge < -0.3 is 9.40 Å². The van der Waals surface area contributed by atoms with Crippen LogP contribution < -0.4 is 5.19 Å². The van der Waals surface area contributed by atoms with Crippen LogP contribution in [-0.2, 0) is 0 Å². The largest absolute Gasteiger partial charge is 0.456 e. The molecule has 3 heteroatoms. The first-order valence-corrected chi connectivity index (χ1v) is 18.1. The molecule has 2 heterocycles. The molecule has 0 atom stereocenters. The summed E-state index contributed by atoms with van der Waals surface area (Å²) in [5.41, 5.74) is 11.5. The first-order chi connectivity index (χ1) is 20.5. The van der Waals surface area contributed by atoms with Crippen molar-refractivity contribution in [2.45, 2.75) is 19.6 Å². The summed E-state index contributed by atoms with van der Waals surface area (Å²) in [7, 11) is -1.58. The molecule has 0 saturated heterocycles. The number of benzene rings is 6. The molecule has 0 aliphatic rings. The van der Waals surface area contributed by atoms with Crippen molar-refractivity contribution in [2.24, 2.45) is 0 Å². The number of nitrogens with one attached hydrogen (secondary N) is 1. The highest BCUT2D eigenvalue weighted by Gasteiger charge is 2.23. The Morgan fingerprint density at radius 1 is 0.500 bits per heavy atom. The molecule has 0 unspecified atom stereocenters. The van der Waals surface area contributed by atoms with Gasteiger partial charge in [0.25, 0.3) is 0 Å². The Hall–Kier alpha value is -4.86. The van der Waals surface area contributed by atoms with E-state index in [1.807, 2.05) is 0 Å². The Labute approximate surface area is 246 Å². The maximum absolute atomic E-state index is 6.75. The number of H-pyrrole nitrogens is 1. The molecular formula is C39H31NOSi. The normalized spacial score (nSPS) is 12.2. The van der Waals surface area contributed by atoms with Crippen LogP contribution in [0.15, 0.2) is 132 Å². The molecule has 6 aromatic carbocycles. The van der Waals surface area contributed by atoms with Gasteiger partial charge in [0.1, 0.15) is 11.2 Å². The maximum Gasteiger partial charge on any atom is 0.143 e. The second-order valence-corrected chi connectivity index (χ2v) is 17.3. The predicted molar refractivity (Wildman–Crippen MR) is 182 cm³/mol. The van der Waals surface area contributed by atoms with Crippen LogP contribution in [0.1, 0.15) is 0 Å². The highest BCUT2D eigenvalue weighted by atomic mass is 28.3. The van der Waals surface area contributed by atoms with Gasteiger partial charge >= 0.3 is 0 Å². The molecule has 8 rings (SSSR count). The fourth-order valence-electron chi connectivity index (χ4n) is 6.54. The topological polar surface area (TPSA) is 28.9 Å². The van der Waals surface area contributed by atoms with Crippen molar-refractivity contribution in [1.29, 1.82) is 0 Å². The van der Waals surface area contributed by atoms with E-state index in [0.717, 1.165) is 33.3 Å². The quantitative estimate of drug-likeness (QED) is 0.214. The Morgan fingerprint density at radius 3 is 1.93 bits per heavy atom. The molecule has 2 nitrogen and oxygen atoms in total. The maximum atomic E-state index is 6.75. The molecule has 0 aliphatic heterocycles. The van der Waals surface area contributed by atoms with E-state index < -0.39 is 8.07 Å².